The summed E-state index contributed by atoms with van der Waals surface area (Å²) in [7, 11) is 4.63. The van der Waals surface area contributed by atoms with Gasteiger partial charge < -0.3 is 18.9 Å². The lowest BCUT2D eigenvalue weighted by atomic mass is 9.89. The van der Waals surface area contributed by atoms with Crippen LogP contribution in [0.2, 0.25) is 0 Å². The number of fused-ring (bicyclic) bond motifs is 1. The number of methoxy groups -OCH3 is 3. The first kappa shape index (κ1) is 26.4. The van der Waals surface area contributed by atoms with Crippen LogP contribution in [0.3, 0.4) is 0 Å². The van der Waals surface area contributed by atoms with Crippen molar-refractivity contribution in [3.05, 3.63) is 72.3 Å². The van der Waals surface area contributed by atoms with Gasteiger partial charge in [0.05, 0.1) is 39.3 Å². The average molecular weight is 533 g/mol. The first-order valence-electron chi connectivity index (χ1n) is 12.9. The van der Waals surface area contributed by atoms with E-state index in [2.05, 4.69) is 6.92 Å². The number of benzene rings is 3. The van der Waals surface area contributed by atoms with Crippen LogP contribution in [0.15, 0.2) is 66.7 Å². The summed E-state index contributed by atoms with van der Waals surface area (Å²) in [6, 6.07) is 19.1. The molecule has 39 heavy (non-hydrogen) atoms. The van der Waals surface area contributed by atoms with Gasteiger partial charge in [-0.25, -0.2) is 9.96 Å². The maximum absolute atomic E-state index is 14.0. The van der Waals surface area contributed by atoms with Crippen molar-refractivity contribution in [1.82, 2.24) is 0 Å². The molecule has 0 radical (unpaired) electrons. The van der Waals surface area contributed by atoms with Crippen molar-refractivity contribution in [2.24, 2.45) is 5.92 Å². The van der Waals surface area contributed by atoms with Crippen molar-refractivity contribution in [2.45, 2.75) is 31.9 Å². The van der Waals surface area contributed by atoms with E-state index in [1.807, 2.05) is 30.3 Å². The van der Waals surface area contributed by atoms with Gasteiger partial charge in [0, 0.05) is 11.6 Å². The highest BCUT2D eigenvalue weighted by Crippen LogP contribution is 2.51. The highest BCUT2D eigenvalue weighted by Gasteiger charge is 2.61. The monoisotopic (exact) mass is 532 g/mol. The minimum Gasteiger partial charge on any atom is -0.496 e. The van der Waals surface area contributed by atoms with Crippen LogP contribution >= 0.6 is 0 Å². The second-order valence-electron chi connectivity index (χ2n) is 9.31. The zero-order valence-corrected chi connectivity index (χ0v) is 22.5. The molecule has 3 aromatic rings. The fourth-order valence-corrected chi connectivity index (χ4v) is 5.09. The van der Waals surface area contributed by atoms with Gasteiger partial charge in [-0.2, -0.15) is 0 Å². The number of amides is 2. The molecule has 9 nitrogen and oxygen atoms in total. The van der Waals surface area contributed by atoms with E-state index in [4.69, 9.17) is 23.8 Å². The molecule has 0 aromatic heterocycles. The van der Waals surface area contributed by atoms with Crippen molar-refractivity contribution < 1.29 is 33.4 Å². The molecule has 0 N–H and O–H groups in total. The van der Waals surface area contributed by atoms with Gasteiger partial charge >= 0.3 is 0 Å². The first-order valence-corrected chi connectivity index (χ1v) is 12.9. The fourth-order valence-electron chi connectivity index (χ4n) is 5.09. The Labute approximate surface area is 227 Å². The topological polar surface area (TPSA) is 86.8 Å². The summed E-state index contributed by atoms with van der Waals surface area (Å²) in [6.07, 6.45) is 0.967. The number of unbranched alkanes of at least 4 members (excludes halogenated alkanes) is 1. The molecule has 0 bridgehead atoms. The van der Waals surface area contributed by atoms with Crippen LogP contribution in [-0.4, -0.2) is 45.9 Å². The molecule has 204 valence electrons. The normalized spacial score (nSPS) is 20.3. The first-order chi connectivity index (χ1) is 19.0. The lowest BCUT2D eigenvalue weighted by molar-refractivity contribution is -0.126. The average Bonchev–Trinajstić information content (AvgIpc) is 3.48. The van der Waals surface area contributed by atoms with Gasteiger partial charge in [0.2, 0.25) is 5.91 Å². The maximum Gasteiger partial charge on any atom is 0.266 e. The van der Waals surface area contributed by atoms with E-state index in [-0.39, 0.29) is 5.91 Å². The minimum absolute atomic E-state index is 0.357. The molecule has 2 aliphatic rings. The van der Waals surface area contributed by atoms with Gasteiger partial charge in [0.25, 0.3) is 5.91 Å². The van der Waals surface area contributed by atoms with Crippen LogP contribution < -0.4 is 28.9 Å². The van der Waals surface area contributed by atoms with Crippen molar-refractivity contribution >= 4 is 23.2 Å². The molecule has 3 aromatic carbocycles. The van der Waals surface area contributed by atoms with Crippen molar-refractivity contribution in [3.8, 4) is 23.0 Å². The molecule has 9 heteroatoms. The summed E-state index contributed by atoms with van der Waals surface area (Å²) in [5.74, 6) is 0.511. The standard InChI is InChI=1S/C30H32N2O7/c1-5-6-16-38-21-14-12-19(13-15-21)31-29(33)26-27(22-17-24(36-3)25(37-4)18-23(22)35-2)32(39-28(26)30(31)34)20-10-8-7-9-11-20/h7-15,17-18,26-28H,5-6,16H2,1-4H3/t26-,27+,28-/m1/s1. The van der Waals surface area contributed by atoms with Gasteiger partial charge in [-0.15, -0.1) is 0 Å². The number of hydrogen-bond acceptors (Lipinski definition) is 8. The largest absolute Gasteiger partial charge is 0.496 e. The van der Waals surface area contributed by atoms with Crippen LogP contribution in [0.5, 0.6) is 23.0 Å². The van der Waals surface area contributed by atoms with Gasteiger partial charge in [-0.1, -0.05) is 31.5 Å². The molecule has 2 amide bonds. The minimum atomic E-state index is -1.01. The molecule has 5 rings (SSSR count). The Hall–Kier alpha value is -4.24. The lowest BCUT2D eigenvalue weighted by Gasteiger charge is -2.30. The highest BCUT2D eigenvalue weighted by atomic mass is 16.7. The molecule has 2 fully saturated rings. The van der Waals surface area contributed by atoms with E-state index in [9.17, 15) is 9.59 Å². The number of nitrogens with zero attached hydrogens (tertiary/aromatic N) is 2. The number of hydroxylamine groups is 1. The fraction of sp³-hybridized carbons (Fsp3) is 0.333. The number of para-hydroxylation sites is 1. The Morgan fingerprint density at radius 3 is 2.10 bits per heavy atom. The van der Waals surface area contributed by atoms with E-state index in [1.54, 1.807) is 62.8 Å². The Morgan fingerprint density at radius 2 is 1.46 bits per heavy atom. The second kappa shape index (κ2) is 11.2. The van der Waals surface area contributed by atoms with E-state index in [0.717, 1.165) is 12.8 Å². The lowest BCUT2D eigenvalue weighted by Crippen LogP contribution is -2.37. The van der Waals surface area contributed by atoms with Crippen molar-refractivity contribution in [3.63, 3.8) is 0 Å². The quantitative estimate of drug-likeness (QED) is 0.268. The zero-order valence-electron chi connectivity index (χ0n) is 22.5. The highest BCUT2D eigenvalue weighted by molar-refractivity contribution is 6.24. The Morgan fingerprint density at radius 1 is 0.795 bits per heavy atom. The predicted molar refractivity (Wildman–Crippen MR) is 145 cm³/mol. The van der Waals surface area contributed by atoms with E-state index >= 15 is 0 Å². The molecular weight excluding hydrogens is 500 g/mol. The molecule has 2 saturated heterocycles. The smallest absolute Gasteiger partial charge is 0.266 e. The maximum atomic E-state index is 14.0. The SMILES string of the molecule is CCCCOc1ccc(N2C(=O)[C@H]3[C@@H](ON(c4ccccc4)[C@H]3c3cc(OC)c(OC)cc3OC)C2=O)cc1. The van der Waals surface area contributed by atoms with Crippen LogP contribution in [0.1, 0.15) is 31.4 Å². The number of hydrogen-bond donors (Lipinski definition) is 0. The van der Waals surface area contributed by atoms with Gasteiger partial charge in [-0.05, 0) is 48.9 Å². The molecule has 0 unspecified atom stereocenters. The summed E-state index contributed by atoms with van der Waals surface area (Å²) in [5.41, 5.74) is 1.80. The van der Waals surface area contributed by atoms with Crippen LogP contribution in [0, 0.1) is 5.92 Å². The third-order valence-corrected chi connectivity index (χ3v) is 7.04. The summed E-state index contributed by atoms with van der Waals surface area (Å²) in [6.45, 7) is 2.71. The van der Waals surface area contributed by atoms with Crippen molar-refractivity contribution in [1.29, 1.82) is 0 Å². The number of imide groups is 1. The summed E-state index contributed by atoms with van der Waals surface area (Å²) in [4.78, 5) is 35.1. The zero-order chi connectivity index (χ0) is 27.5. The Balaban J connectivity index is 1.54. The molecule has 0 spiro atoms. The molecule has 3 atom stereocenters. The van der Waals surface area contributed by atoms with Crippen molar-refractivity contribution in [2.75, 3.05) is 37.9 Å². The Bertz CT molecular complexity index is 1330. The number of rotatable bonds is 10. The molecule has 2 heterocycles. The van der Waals surface area contributed by atoms with Gasteiger partial charge in [0.1, 0.15) is 23.5 Å². The number of carbonyl (C=O) groups excluding carboxylic acids is 2. The third kappa shape index (κ3) is 4.74. The van der Waals surface area contributed by atoms with Crippen LogP contribution in [0.25, 0.3) is 0 Å². The molecule has 0 saturated carbocycles. The summed E-state index contributed by atoms with van der Waals surface area (Å²) < 4.78 is 22.5. The number of ether oxygens (including phenoxy) is 4. The molecule has 2 aliphatic heterocycles. The van der Waals surface area contributed by atoms with Crippen LogP contribution in [0.4, 0.5) is 11.4 Å². The summed E-state index contributed by atoms with van der Waals surface area (Å²) in [5, 5.41) is 1.62. The number of carbonyl (C=O) groups is 2. The van der Waals surface area contributed by atoms with E-state index in [1.165, 1.54) is 4.90 Å². The predicted octanol–water partition coefficient (Wildman–Crippen LogP) is 4.94. The van der Waals surface area contributed by atoms with Gasteiger partial charge in [-0.3, -0.25) is 14.4 Å². The van der Waals surface area contributed by atoms with Gasteiger partial charge in [0.15, 0.2) is 17.6 Å². The van der Waals surface area contributed by atoms with Crippen LogP contribution in [-0.2, 0) is 14.4 Å². The molecular formula is C30H32N2O7. The number of anilines is 2. The Kier molecular flexibility index (Phi) is 7.60. The van der Waals surface area contributed by atoms with E-state index < -0.39 is 24.0 Å². The third-order valence-electron chi connectivity index (χ3n) is 7.04. The second-order valence-corrected chi connectivity index (χ2v) is 9.31. The molecule has 0 aliphatic carbocycles. The van der Waals surface area contributed by atoms with E-state index in [0.29, 0.717) is 46.5 Å². The summed E-state index contributed by atoms with van der Waals surface area (Å²) >= 11 is 0.